The van der Waals surface area contributed by atoms with Gasteiger partial charge in [0.05, 0.1) is 5.69 Å². The lowest BCUT2D eigenvalue weighted by molar-refractivity contribution is 0.281. The third-order valence-electron chi connectivity index (χ3n) is 2.47. The van der Waals surface area contributed by atoms with Crippen LogP contribution in [0.5, 0.6) is 5.75 Å². The number of nitrogen functional groups attached to an aromatic ring is 1. The van der Waals surface area contributed by atoms with Gasteiger partial charge in [0.2, 0.25) is 0 Å². The van der Waals surface area contributed by atoms with E-state index in [4.69, 9.17) is 10.5 Å². The maximum absolute atomic E-state index is 13.4. The van der Waals surface area contributed by atoms with Crippen molar-refractivity contribution in [1.82, 2.24) is 0 Å². The number of hydrogen-bond acceptors (Lipinski definition) is 2. The Bertz CT molecular complexity index is 616. The van der Waals surface area contributed by atoms with E-state index in [1.54, 1.807) is 0 Å². The first-order valence-corrected chi connectivity index (χ1v) is 5.29. The van der Waals surface area contributed by atoms with Crippen LogP contribution >= 0.6 is 0 Å². The topological polar surface area (TPSA) is 35.2 Å². The van der Waals surface area contributed by atoms with Crippen molar-refractivity contribution in [2.75, 3.05) is 5.73 Å². The third kappa shape index (κ3) is 2.78. The first kappa shape index (κ1) is 13.2. The summed E-state index contributed by atoms with van der Waals surface area (Å²) in [5.74, 6) is -4.27. The molecule has 2 aromatic rings. The Morgan fingerprint density at radius 3 is 2.42 bits per heavy atom. The molecule has 0 unspecified atom stereocenters. The second-order valence-corrected chi connectivity index (χ2v) is 3.81. The highest BCUT2D eigenvalue weighted by molar-refractivity contribution is 5.44. The van der Waals surface area contributed by atoms with Crippen LogP contribution in [0.1, 0.15) is 5.56 Å². The van der Waals surface area contributed by atoms with Crippen LogP contribution in [0.3, 0.4) is 0 Å². The average Bonchev–Trinajstić information content (AvgIpc) is 2.37. The van der Waals surface area contributed by atoms with E-state index in [0.29, 0.717) is 0 Å². The predicted molar refractivity (Wildman–Crippen MR) is 61.5 cm³/mol. The highest BCUT2D eigenvalue weighted by Gasteiger charge is 2.12. The number of hydrogen-bond donors (Lipinski definition) is 1. The van der Waals surface area contributed by atoms with Gasteiger partial charge >= 0.3 is 0 Å². The molecule has 0 radical (unpaired) electrons. The Hall–Kier alpha value is -2.24. The smallest absolute Gasteiger partial charge is 0.167 e. The van der Waals surface area contributed by atoms with Gasteiger partial charge in [-0.25, -0.2) is 17.6 Å². The summed E-state index contributed by atoms with van der Waals surface area (Å²) in [5.41, 5.74) is 4.70. The molecule has 0 aliphatic heterocycles. The first-order chi connectivity index (χ1) is 8.99. The lowest BCUT2D eigenvalue weighted by Gasteiger charge is -2.09. The zero-order valence-corrected chi connectivity index (χ0v) is 9.59. The van der Waals surface area contributed by atoms with Crippen LogP contribution in [0, 0.1) is 23.3 Å². The van der Waals surface area contributed by atoms with Crippen molar-refractivity contribution in [3.05, 3.63) is 59.2 Å². The number of halogens is 4. The molecule has 2 N–H and O–H groups in total. The van der Waals surface area contributed by atoms with Gasteiger partial charge in [-0.1, -0.05) is 12.1 Å². The molecule has 0 atom stereocenters. The van der Waals surface area contributed by atoms with Gasteiger partial charge in [0, 0.05) is 17.7 Å². The highest BCUT2D eigenvalue weighted by Crippen LogP contribution is 2.24. The van der Waals surface area contributed by atoms with Crippen molar-refractivity contribution >= 4 is 5.69 Å². The Kier molecular flexibility index (Phi) is 3.59. The lowest BCUT2D eigenvalue weighted by Crippen LogP contribution is -2.03. The monoisotopic (exact) mass is 271 g/mol. The van der Waals surface area contributed by atoms with Crippen molar-refractivity contribution in [2.24, 2.45) is 0 Å². The van der Waals surface area contributed by atoms with Crippen LogP contribution in [0.15, 0.2) is 30.3 Å². The predicted octanol–water partition coefficient (Wildman–Crippen LogP) is 3.40. The van der Waals surface area contributed by atoms with Crippen LogP contribution in [0.25, 0.3) is 0 Å². The van der Waals surface area contributed by atoms with Gasteiger partial charge in [-0.2, -0.15) is 0 Å². The SMILES string of the molecule is Nc1cc(F)c(OCc2cccc(F)c2F)cc1F. The molecule has 0 saturated heterocycles. The third-order valence-corrected chi connectivity index (χ3v) is 2.47. The molecule has 0 aliphatic carbocycles. The molecular formula is C13H9F4NO. The molecule has 0 aromatic heterocycles. The van der Waals surface area contributed by atoms with Gasteiger partial charge in [0.1, 0.15) is 12.4 Å². The van der Waals surface area contributed by atoms with Crippen molar-refractivity contribution in [1.29, 1.82) is 0 Å². The van der Waals surface area contributed by atoms with Gasteiger partial charge in [0.25, 0.3) is 0 Å². The van der Waals surface area contributed by atoms with Gasteiger partial charge in [-0.3, -0.25) is 0 Å². The summed E-state index contributed by atoms with van der Waals surface area (Å²) in [6.07, 6.45) is 0. The molecule has 0 fully saturated rings. The molecule has 0 aliphatic rings. The lowest BCUT2D eigenvalue weighted by atomic mass is 10.2. The summed E-state index contributed by atoms with van der Waals surface area (Å²) in [6.45, 7) is -0.427. The quantitative estimate of drug-likeness (QED) is 0.686. The van der Waals surface area contributed by atoms with E-state index in [0.717, 1.165) is 18.2 Å². The van der Waals surface area contributed by atoms with E-state index in [2.05, 4.69) is 0 Å². The fourth-order valence-electron chi connectivity index (χ4n) is 1.47. The maximum atomic E-state index is 13.4. The summed E-state index contributed by atoms with van der Waals surface area (Å²) in [4.78, 5) is 0. The van der Waals surface area contributed by atoms with Crippen LogP contribution in [0.2, 0.25) is 0 Å². The zero-order valence-electron chi connectivity index (χ0n) is 9.59. The fraction of sp³-hybridized carbons (Fsp3) is 0.0769. The Morgan fingerprint density at radius 2 is 1.68 bits per heavy atom. The summed E-state index contributed by atoms with van der Waals surface area (Å²) in [6, 6.07) is 5.03. The maximum Gasteiger partial charge on any atom is 0.167 e. The van der Waals surface area contributed by atoms with Gasteiger partial charge in [0.15, 0.2) is 23.2 Å². The van der Waals surface area contributed by atoms with E-state index in [9.17, 15) is 17.6 Å². The molecule has 0 bridgehead atoms. The van der Waals surface area contributed by atoms with Crippen molar-refractivity contribution in [3.63, 3.8) is 0 Å². The Labute approximate surface area is 106 Å². The summed E-state index contributed by atoms with van der Waals surface area (Å²) in [7, 11) is 0. The minimum Gasteiger partial charge on any atom is -0.486 e. The molecule has 100 valence electrons. The van der Waals surface area contributed by atoms with Crippen LogP contribution in [0.4, 0.5) is 23.2 Å². The molecule has 2 nitrogen and oxygen atoms in total. The summed E-state index contributed by atoms with van der Waals surface area (Å²) < 4.78 is 57.6. The molecule has 0 spiro atoms. The average molecular weight is 271 g/mol. The van der Waals surface area contributed by atoms with E-state index in [1.165, 1.54) is 12.1 Å². The summed E-state index contributed by atoms with van der Waals surface area (Å²) >= 11 is 0. The Morgan fingerprint density at radius 1 is 0.947 bits per heavy atom. The number of rotatable bonds is 3. The van der Waals surface area contributed by atoms with E-state index < -0.39 is 35.6 Å². The largest absolute Gasteiger partial charge is 0.486 e. The molecular weight excluding hydrogens is 262 g/mol. The van der Waals surface area contributed by atoms with E-state index in [1.807, 2.05) is 0 Å². The minimum absolute atomic E-state index is 0.100. The molecule has 2 rings (SSSR count). The first-order valence-electron chi connectivity index (χ1n) is 5.29. The number of anilines is 1. The Balaban J connectivity index is 2.19. The highest BCUT2D eigenvalue weighted by atomic mass is 19.2. The fourth-order valence-corrected chi connectivity index (χ4v) is 1.47. The van der Waals surface area contributed by atoms with Crippen LogP contribution in [-0.2, 0) is 6.61 Å². The zero-order chi connectivity index (χ0) is 14.0. The molecule has 2 aromatic carbocycles. The van der Waals surface area contributed by atoms with Crippen LogP contribution in [-0.4, -0.2) is 0 Å². The second-order valence-electron chi connectivity index (χ2n) is 3.81. The standard InChI is InChI=1S/C13H9F4NO/c14-8-3-1-2-7(13(8)17)6-19-12-5-9(15)11(18)4-10(12)16/h1-5H,6,18H2. The second kappa shape index (κ2) is 5.17. The van der Waals surface area contributed by atoms with Gasteiger partial charge in [-0.15, -0.1) is 0 Å². The van der Waals surface area contributed by atoms with Crippen molar-refractivity contribution < 1.29 is 22.3 Å². The molecule has 0 heterocycles. The van der Waals surface area contributed by atoms with Crippen LogP contribution < -0.4 is 10.5 Å². The van der Waals surface area contributed by atoms with E-state index >= 15 is 0 Å². The number of ether oxygens (including phenoxy) is 1. The molecule has 19 heavy (non-hydrogen) atoms. The van der Waals surface area contributed by atoms with Gasteiger partial charge in [-0.05, 0) is 6.07 Å². The molecule has 0 amide bonds. The summed E-state index contributed by atoms with van der Waals surface area (Å²) in [5, 5.41) is 0. The molecule has 6 heteroatoms. The van der Waals surface area contributed by atoms with Crippen molar-refractivity contribution in [2.45, 2.75) is 6.61 Å². The normalized spacial score (nSPS) is 10.5. The van der Waals surface area contributed by atoms with E-state index in [-0.39, 0.29) is 11.3 Å². The molecule has 0 saturated carbocycles. The number of benzene rings is 2. The minimum atomic E-state index is -1.08. The van der Waals surface area contributed by atoms with Gasteiger partial charge < -0.3 is 10.5 Å². The number of nitrogens with two attached hydrogens (primary N) is 1. The van der Waals surface area contributed by atoms with Crippen molar-refractivity contribution in [3.8, 4) is 5.75 Å².